The van der Waals surface area contributed by atoms with Crippen LogP contribution in [0.1, 0.15) is 24.8 Å². The average molecular weight is 364 g/mol. The predicted molar refractivity (Wildman–Crippen MR) is 90.9 cm³/mol. The van der Waals surface area contributed by atoms with E-state index in [4.69, 9.17) is 5.73 Å². The van der Waals surface area contributed by atoms with E-state index in [1.165, 1.54) is 28.6 Å². The van der Waals surface area contributed by atoms with E-state index in [1.54, 1.807) is 0 Å². The molecule has 0 amide bonds. The second kappa shape index (κ2) is 8.58. The molecule has 1 aromatic carbocycles. The van der Waals surface area contributed by atoms with Gasteiger partial charge in [-0.3, -0.25) is 10.1 Å². The van der Waals surface area contributed by atoms with Gasteiger partial charge in [-0.15, -0.1) is 12.4 Å². The van der Waals surface area contributed by atoms with Crippen LogP contribution in [0.25, 0.3) is 0 Å². The second-order valence-corrected chi connectivity index (χ2v) is 7.59. The SMILES string of the molecule is Cl.NCCC1CCCN(S(=O)(=O)Cc2ccc([N+](=O)[O-])cc2)C1. The first-order chi connectivity index (χ1) is 10.4. The van der Waals surface area contributed by atoms with Crippen LogP contribution in [0, 0.1) is 16.0 Å². The Labute approximate surface area is 142 Å². The normalized spacial score (nSPS) is 19.1. The summed E-state index contributed by atoms with van der Waals surface area (Å²) in [5.74, 6) is 0.200. The number of halogens is 1. The summed E-state index contributed by atoms with van der Waals surface area (Å²) < 4.78 is 26.5. The van der Waals surface area contributed by atoms with Crippen LogP contribution < -0.4 is 5.73 Å². The fourth-order valence-corrected chi connectivity index (χ4v) is 4.41. The summed E-state index contributed by atoms with van der Waals surface area (Å²) in [5, 5.41) is 10.6. The van der Waals surface area contributed by atoms with E-state index in [0.29, 0.717) is 31.1 Å². The van der Waals surface area contributed by atoms with Crippen molar-refractivity contribution in [2.24, 2.45) is 11.7 Å². The summed E-state index contributed by atoms with van der Waals surface area (Å²) in [6, 6.07) is 5.66. The number of nitro benzene ring substituents is 1. The molecule has 23 heavy (non-hydrogen) atoms. The standard InChI is InChI=1S/C14H21N3O4S.ClH/c15-8-7-12-2-1-9-16(10-12)22(20,21)11-13-3-5-14(6-4-13)17(18)19;/h3-6,12H,1-2,7-11,15H2;1H. The second-order valence-electron chi connectivity index (χ2n) is 5.62. The molecule has 2 rings (SSSR count). The summed E-state index contributed by atoms with van der Waals surface area (Å²) in [7, 11) is -3.40. The maximum absolute atomic E-state index is 12.5. The lowest BCUT2D eigenvalue weighted by molar-refractivity contribution is -0.384. The zero-order valence-corrected chi connectivity index (χ0v) is 14.4. The third-order valence-corrected chi connectivity index (χ3v) is 5.76. The fourth-order valence-electron chi connectivity index (χ4n) is 2.77. The molecule has 0 aromatic heterocycles. The maximum atomic E-state index is 12.5. The molecule has 0 aliphatic carbocycles. The Morgan fingerprint density at radius 2 is 1.96 bits per heavy atom. The van der Waals surface area contributed by atoms with Crippen LogP contribution in [0.15, 0.2) is 24.3 Å². The van der Waals surface area contributed by atoms with Gasteiger partial charge in [-0.1, -0.05) is 12.1 Å². The molecule has 9 heteroatoms. The van der Waals surface area contributed by atoms with Gasteiger partial charge < -0.3 is 5.73 Å². The van der Waals surface area contributed by atoms with Gasteiger partial charge in [0.2, 0.25) is 10.0 Å². The highest BCUT2D eigenvalue weighted by atomic mass is 35.5. The molecule has 130 valence electrons. The maximum Gasteiger partial charge on any atom is 0.269 e. The largest absolute Gasteiger partial charge is 0.330 e. The van der Waals surface area contributed by atoms with E-state index >= 15 is 0 Å². The molecular weight excluding hydrogens is 342 g/mol. The number of nitrogens with zero attached hydrogens (tertiary/aromatic N) is 2. The van der Waals surface area contributed by atoms with Crippen molar-refractivity contribution in [1.29, 1.82) is 0 Å². The van der Waals surface area contributed by atoms with Crippen LogP contribution in [-0.4, -0.2) is 37.3 Å². The van der Waals surface area contributed by atoms with Gasteiger partial charge in [0.05, 0.1) is 10.7 Å². The average Bonchev–Trinajstić information content (AvgIpc) is 2.48. The molecule has 7 nitrogen and oxygen atoms in total. The number of hydrogen-bond donors (Lipinski definition) is 1. The van der Waals surface area contributed by atoms with Crippen molar-refractivity contribution < 1.29 is 13.3 Å². The third kappa shape index (κ3) is 5.42. The first kappa shape index (κ1) is 19.8. The van der Waals surface area contributed by atoms with Gasteiger partial charge in [-0.2, -0.15) is 0 Å². The molecule has 1 heterocycles. The first-order valence-corrected chi connectivity index (χ1v) is 8.94. The molecule has 0 radical (unpaired) electrons. The quantitative estimate of drug-likeness (QED) is 0.613. The van der Waals surface area contributed by atoms with Crippen molar-refractivity contribution in [3.8, 4) is 0 Å². The minimum atomic E-state index is -3.40. The van der Waals surface area contributed by atoms with Crippen LogP contribution in [0.3, 0.4) is 0 Å². The molecule has 0 spiro atoms. The van der Waals surface area contributed by atoms with E-state index in [-0.39, 0.29) is 23.8 Å². The van der Waals surface area contributed by atoms with Crippen LogP contribution in [0.2, 0.25) is 0 Å². The number of nitro groups is 1. The van der Waals surface area contributed by atoms with Gasteiger partial charge in [0.15, 0.2) is 0 Å². The molecule has 0 saturated carbocycles. The van der Waals surface area contributed by atoms with E-state index in [0.717, 1.165) is 19.3 Å². The lowest BCUT2D eigenvalue weighted by atomic mass is 9.96. The van der Waals surface area contributed by atoms with Crippen molar-refractivity contribution >= 4 is 28.1 Å². The lowest BCUT2D eigenvalue weighted by Crippen LogP contribution is -2.40. The minimum absolute atomic E-state index is 0. The highest BCUT2D eigenvalue weighted by Gasteiger charge is 2.28. The van der Waals surface area contributed by atoms with Gasteiger partial charge >= 0.3 is 0 Å². The van der Waals surface area contributed by atoms with E-state index in [2.05, 4.69) is 0 Å². The lowest BCUT2D eigenvalue weighted by Gasteiger charge is -2.31. The van der Waals surface area contributed by atoms with Crippen molar-refractivity contribution in [3.63, 3.8) is 0 Å². The predicted octanol–water partition coefficient (Wildman–Crippen LogP) is 1.91. The third-order valence-electron chi connectivity index (χ3n) is 3.95. The smallest absolute Gasteiger partial charge is 0.269 e. The van der Waals surface area contributed by atoms with E-state index < -0.39 is 14.9 Å². The topological polar surface area (TPSA) is 107 Å². The summed E-state index contributed by atoms with van der Waals surface area (Å²) in [4.78, 5) is 10.1. The fraction of sp³-hybridized carbons (Fsp3) is 0.571. The van der Waals surface area contributed by atoms with Crippen LogP contribution in [0.4, 0.5) is 5.69 Å². The molecule has 1 aliphatic rings. The summed E-state index contributed by atoms with van der Waals surface area (Å²) in [5.41, 5.74) is 6.07. The summed E-state index contributed by atoms with van der Waals surface area (Å²) in [6.45, 7) is 1.63. The number of hydrogen-bond acceptors (Lipinski definition) is 5. The molecule has 1 saturated heterocycles. The van der Waals surface area contributed by atoms with E-state index in [9.17, 15) is 18.5 Å². The molecule has 1 unspecified atom stereocenters. The van der Waals surface area contributed by atoms with Crippen LogP contribution in [0.5, 0.6) is 0 Å². The number of non-ortho nitro benzene ring substituents is 1. The zero-order chi connectivity index (χ0) is 16.2. The van der Waals surface area contributed by atoms with Crippen molar-refractivity contribution in [1.82, 2.24) is 4.31 Å². The number of rotatable bonds is 6. The van der Waals surface area contributed by atoms with Gasteiger partial charge in [0.25, 0.3) is 5.69 Å². The molecular formula is C14H22ClN3O4S. The van der Waals surface area contributed by atoms with Gasteiger partial charge in [-0.05, 0) is 37.3 Å². The molecule has 2 N–H and O–H groups in total. The highest BCUT2D eigenvalue weighted by Crippen LogP contribution is 2.23. The summed E-state index contributed by atoms with van der Waals surface area (Å²) in [6.07, 6.45) is 2.70. The number of nitrogens with two attached hydrogens (primary N) is 1. The van der Waals surface area contributed by atoms with E-state index in [1.807, 2.05) is 0 Å². The monoisotopic (exact) mass is 363 g/mol. The van der Waals surface area contributed by atoms with Crippen molar-refractivity contribution in [2.75, 3.05) is 19.6 Å². The Morgan fingerprint density at radius 1 is 1.30 bits per heavy atom. The van der Waals surface area contributed by atoms with Crippen molar-refractivity contribution in [2.45, 2.75) is 25.0 Å². The molecule has 1 aliphatic heterocycles. The van der Waals surface area contributed by atoms with Crippen LogP contribution >= 0.6 is 12.4 Å². The Hall–Kier alpha value is -1.22. The highest BCUT2D eigenvalue weighted by molar-refractivity contribution is 7.88. The van der Waals surface area contributed by atoms with Crippen molar-refractivity contribution in [3.05, 3.63) is 39.9 Å². The Balaban J connectivity index is 0.00000264. The minimum Gasteiger partial charge on any atom is -0.330 e. The molecule has 1 fully saturated rings. The first-order valence-electron chi connectivity index (χ1n) is 7.33. The van der Waals surface area contributed by atoms with Gasteiger partial charge in [0.1, 0.15) is 0 Å². The number of benzene rings is 1. The molecule has 1 aromatic rings. The Morgan fingerprint density at radius 3 is 2.52 bits per heavy atom. The van der Waals surface area contributed by atoms with Crippen LogP contribution in [-0.2, 0) is 15.8 Å². The number of sulfonamides is 1. The molecule has 0 bridgehead atoms. The Kier molecular flexibility index (Phi) is 7.40. The van der Waals surface area contributed by atoms with Gasteiger partial charge in [0, 0.05) is 25.2 Å². The molecule has 1 atom stereocenters. The number of piperidine rings is 1. The zero-order valence-electron chi connectivity index (χ0n) is 12.8. The Bertz CT molecular complexity index is 619. The summed E-state index contributed by atoms with van der Waals surface area (Å²) >= 11 is 0. The van der Waals surface area contributed by atoms with Gasteiger partial charge in [-0.25, -0.2) is 12.7 Å².